The lowest BCUT2D eigenvalue weighted by Gasteiger charge is -2.14. The van der Waals surface area contributed by atoms with Crippen LogP contribution in [0.4, 0.5) is 0 Å². The van der Waals surface area contributed by atoms with Crippen LogP contribution in [0.15, 0.2) is 53.4 Å². The molecule has 1 fully saturated rings. The molecule has 2 heterocycles. The van der Waals surface area contributed by atoms with E-state index < -0.39 is 0 Å². The molecule has 2 aliphatic rings. The number of fused-ring (bicyclic) bond motifs is 1. The van der Waals surface area contributed by atoms with E-state index in [-0.39, 0.29) is 31.7 Å². The van der Waals surface area contributed by atoms with Gasteiger partial charge >= 0.3 is 0 Å². The van der Waals surface area contributed by atoms with Crippen LogP contribution in [0.1, 0.15) is 18.1 Å². The molecule has 2 amide bonds. The maximum atomic E-state index is 12.8. The van der Waals surface area contributed by atoms with Crippen molar-refractivity contribution in [2.24, 2.45) is 0 Å². The fourth-order valence-corrected chi connectivity index (χ4v) is 4.58. The molecular formula is C24H22N2O5S2. The summed E-state index contributed by atoms with van der Waals surface area (Å²) < 4.78 is 16.7. The maximum absolute atomic E-state index is 12.8. The second kappa shape index (κ2) is 10.5. The van der Waals surface area contributed by atoms with Crippen LogP contribution in [0.5, 0.6) is 17.2 Å². The molecule has 2 aromatic carbocycles. The highest BCUT2D eigenvalue weighted by Crippen LogP contribution is 2.36. The zero-order chi connectivity index (χ0) is 23.2. The molecule has 170 valence electrons. The topological polar surface area (TPSA) is 77.1 Å². The number of benzene rings is 2. The lowest BCUT2D eigenvalue weighted by molar-refractivity contribution is -0.122. The Morgan fingerprint density at radius 2 is 2.06 bits per heavy atom. The quantitative estimate of drug-likeness (QED) is 0.452. The lowest BCUT2D eigenvalue weighted by atomic mass is 10.2. The summed E-state index contributed by atoms with van der Waals surface area (Å²) in [6.45, 7) is 3.22. The van der Waals surface area contributed by atoms with Gasteiger partial charge in [0, 0.05) is 24.7 Å². The number of nitrogens with one attached hydrogen (secondary N) is 1. The van der Waals surface area contributed by atoms with Crippen LogP contribution in [0, 0.1) is 0 Å². The van der Waals surface area contributed by atoms with Gasteiger partial charge in [-0.25, -0.2) is 0 Å². The van der Waals surface area contributed by atoms with Gasteiger partial charge < -0.3 is 19.5 Å². The normalized spacial score (nSPS) is 16.2. The molecule has 4 rings (SSSR count). The highest BCUT2D eigenvalue weighted by atomic mass is 32.2. The second-order valence-corrected chi connectivity index (χ2v) is 8.72. The molecule has 2 aromatic rings. The molecule has 9 heteroatoms. The van der Waals surface area contributed by atoms with Gasteiger partial charge in [-0.1, -0.05) is 48.2 Å². The predicted molar refractivity (Wildman–Crippen MR) is 132 cm³/mol. The standard InChI is InChI=1S/C24H22N2O5S2/c1-2-29-18-6-4-3-5-17(18)8-10-22(27)25-11-12-26-23(28)21(33-24(26)32)14-16-7-9-19-20(13-16)31-15-30-19/h3-10,13-14H,2,11-12,15H2,1H3,(H,25,27). The van der Waals surface area contributed by atoms with Crippen molar-refractivity contribution >= 4 is 52.3 Å². The van der Waals surface area contributed by atoms with E-state index in [0.717, 1.165) is 16.9 Å². The average Bonchev–Trinajstić information content (AvgIpc) is 3.38. The fraction of sp³-hybridized carbons (Fsp3) is 0.208. The first-order valence-electron chi connectivity index (χ1n) is 10.4. The van der Waals surface area contributed by atoms with Crippen LogP contribution < -0.4 is 19.5 Å². The van der Waals surface area contributed by atoms with Crippen LogP contribution >= 0.6 is 24.0 Å². The molecule has 2 aliphatic heterocycles. The third kappa shape index (κ3) is 5.55. The molecule has 0 radical (unpaired) electrons. The number of para-hydroxylation sites is 1. The monoisotopic (exact) mass is 482 g/mol. The summed E-state index contributed by atoms with van der Waals surface area (Å²) in [7, 11) is 0. The second-order valence-electron chi connectivity index (χ2n) is 7.04. The summed E-state index contributed by atoms with van der Waals surface area (Å²) in [4.78, 5) is 27.0. The van der Waals surface area contributed by atoms with Gasteiger partial charge in [-0.2, -0.15) is 0 Å². The number of carbonyl (C=O) groups is 2. The Kier molecular flexibility index (Phi) is 7.31. The van der Waals surface area contributed by atoms with Gasteiger partial charge in [0.2, 0.25) is 12.7 Å². The van der Waals surface area contributed by atoms with Crippen molar-refractivity contribution in [2.75, 3.05) is 26.5 Å². The molecule has 0 bridgehead atoms. The summed E-state index contributed by atoms with van der Waals surface area (Å²) in [5.41, 5.74) is 1.64. The van der Waals surface area contributed by atoms with Gasteiger partial charge in [-0.3, -0.25) is 14.5 Å². The summed E-state index contributed by atoms with van der Waals surface area (Å²) in [6.07, 6.45) is 4.92. The molecule has 0 aliphatic carbocycles. The number of thioether (sulfide) groups is 1. The molecule has 0 spiro atoms. The van der Waals surface area contributed by atoms with E-state index in [4.69, 9.17) is 26.4 Å². The summed E-state index contributed by atoms with van der Waals surface area (Å²) >= 11 is 6.60. The van der Waals surface area contributed by atoms with Crippen LogP contribution in [-0.4, -0.2) is 47.5 Å². The van der Waals surface area contributed by atoms with Crippen molar-refractivity contribution in [3.8, 4) is 17.2 Å². The van der Waals surface area contributed by atoms with Crippen molar-refractivity contribution < 1.29 is 23.8 Å². The van der Waals surface area contributed by atoms with E-state index in [2.05, 4.69) is 5.32 Å². The molecule has 0 unspecified atom stereocenters. The summed E-state index contributed by atoms with van der Waals surface area (Å²) in [5.74, 6) is 1.61. The molecular weight excluding hydrogens is 460 g/mol. The minimum Gasteiger partial charge on any atom is -0.493 e. The van der Waals surface area contributed by atoms with E-state index in [1.807, 2.05) is 49.4 Å². The molecule has 1 saturated heterocycles. The van der Waals surface area contributed by atoms with E-state index >= 15 is 0 Å². The maximum Gasteiger partial charge on any atom is 0.266 e. The van der Waals surface area contributed by atoms with Crippen molar-refractivity contribution in [1.82, 2.24) is 10.2 Å². The van der Waals surface area contributed by atoms with Gasteiger partial charge in [0.1, 0.15) is 10.1 Å². The number of thiocarbonyl (C=S) groups is 1. The van der Waals surface area contributed by atoms with Crippen molar-refractivity contribution in [2.45, 2.75) is 6.92 Å². The zero-order valence-corrected chi connectivity index (χ0v) is 19.5. The van der Waals surface area contributed by atoms with Crippen molar-refractivity contribution in [3.05, 3.63) is 64.6 Å². The van der Waals surface area contributed by atoms with Crippen molar-refractivity contribution in [1.29, 1.82) is 0 Å². The van der Waals surface area contributed by atoms with Gasteiger partial charge in [-0.15, -0.1) is 0 Å². The smallest absolute Gasteiger partial charge is 0.266 e. The largest absolute Gasteiger partial charge is 0.493 e. The van der Waals surface area contributed by atoms with Crippen LogP contribution in [0.2, 0.25) is 0 Å². The molecule has 1 N–H and O–H groups in total. The highest BCUT2D eigenvalue weighted by Gasteiger charge is 2.31. The Labute approximate surface area is 201 Å². The Hall–Kier alpha value is -3.30. The number of hydrogen-bond donors (Lipinski definition) is 1. The zero-order valence-electron chi connectivity index (χ0n) is 17.9. The number of nitrogens with zero attached hydrogens (tertiary/aromatic N) is 1. The predicted octanol–water partition coefficient (Wildman–Crippen LogP) is 3.84. The Balaban J connectivity index is 1.31. The highest BCUT2D eigenvalue weighted by molar-refractivity contribution is 8.26. The SMILES string of the molecule is CCOc1ccccc1C=CC(=O)NCCN1C(=O)C(=Cc2ccc3c(c2)OCO3)SC1=S. The summed E-state index contributed by atoms with van der Waals surface area (Å²) in [5, 5.41) is 2.79. The molecule has 0 saturated carbocycles. The number of rotatable bonds is 8. The minimum absolute atomic E-state index is 0.182. The van der Waals surface area contributed by atoms with Gasteiger partial charge in [-0.05, 0) is 42.8 Å². The fourth-order valence-electron chi connectivity index (χ4n) is 3.27. The van der Waals surface area contributed by atoms with E-state index in [9.17, 15) is 9.59 Å². The molecule has 0 atom stereocenters. The molecule has 7 nitrogen and oxygen atoms in total. The summed E-state index contributed by atoms with van der Waals surface area (Å²) in [6, 6.07) is 13.0. The molecule has 0 aromatic heterocycles. The molecule has 33 heavy (non-hydrogen) atoms. The van der Waals surface area contributed by atoms with Crippen molar-refractivity contribution in [3.63, 3.8) is 0 Å². The lowest BCUT2D eigenvalue weighted by Crippen LogP contribution is -2.36. The van der Waals surface area contributed by atoms with Gasteiger partial charge in [0.15, 0.2) is 11.5 Å². The Bertz CT molecular complexity index is 1150. The number of ether oxygens (including phenoxy) is 3. The number of hydrogen-bond acceptors (Lipinski definition) is 7. The first-order valence-corrected chi connectivity index (χ1v) is 11.6. The van der Waals surface area contributed by atoms with E-state index in [1.165, 1.54) is 22.7 Å². The number of carbonyl (C=O) groups excluding carboxylic acids is 2. The third-order valence-corrected chi connectivity index (χ3v) is 6.21. The Morgan fingerprint density at radius 1 is 1.24 bits per heavy atom. The third-order valence-electron chi connectivity index (χ3n) is 4.84. The Morgan fingerprint density at radius 3 is 2.91 bits per heavy atom. The van der Waals surface area contributed by atoms with Crippen LogP contribution in [-0.2, 0) is 9.59 Å². The van der Waals surface area contributed by atoms with Gasteiger partial charge in [0.25, 0.3) is 5.91 Å². The minimum atomic E-state index is -0.261. The van der Waals surface area contributed by atoms with Crippen LogP contribution in [0.3, 0.4) is 0 Å². The van der Waals surface area contributed by atoms with Crippen LogP contribution in [0.25, 0.3) is 12.2 Å². The first kappa shape index (κ1) is 22.9. The average molecular weight is 483 g/mol. The first-order chi connectivity index (χ1) is 16.0. The van der Waals surface area contributed by atoms with Gasteiger partial charge in [0.05, 0.1) is 11.5 Å². The van der Waals surface area contributed by atoms with E-state index in [0.29, 0.717) is 27.3 Å². The number of amides is 2. The van der Waals surface area contributed by atoms with E-state index in [1.54, 1.807) is 12.2 Å².